The molecule has 1 saturated heterocycles. The molecule has 1 aliphatic heterocycles. The molecule has 0 radical (unpaired) electrons. The predicted molar refractivity (Wildman–Crippen MR) is 86.7 cm³/mol. The molecule has 20 heavy (non-hydrogen) atoms. The minimum Gasteiger partial charge on any atom is -0.326 e. The fourth-order valence-electron chi connectivity index (χ4n) is 3.34. The minimum absolute atomic E-state index is 0.257. The van der Waals surface area contributed by atoms with Gasteiger partial charge in [0.15, 0.2) is 0 Å². The molecule has 2 heteroatoms. The lowest BCUT2D eigenvalue weighted by Gasteiger charge is -2.24. The number of hydrogen-bond acceptors (Lipinski definition) is 2. The number of benzene rings is 1. The van der Waals surface area contributed by atoms with E-state index in [4.69, 9.17) is 5.73 Å². The Morgan fingerprint density at radius 2 is 1.90 bits per heavy atom. The summed E-state index contributed by atoms with van der Waals surface area (Å²) in [7, 11) is 0. The van der Waals surface area contributed by atoms with Gasteiger partial charge in [-0.3, -0.25) is 0 Å². The number of hydrogen-bond donors (Lipinski definition) is 1. The predicted octanol–water partition coefficient (Wildman–Crippen LogP) is 3.31. The third-order valence-electron chi connectivity index (χ3n) is 4.64. The van der Waals surface area contributed by atoms with E-state index < -0.39 is 0 Å². The lowest BCUT2D eigenvalue weighted by atomic mass is 9.89. The molecule has 2 nitrogen and oxygen atoms in total. The van der Waals surface area contributed by atoms with Crippen LogP contribution < -0.4 is 5.73 Å². The molecule has 0 saturated carbocycles. The highest BCUT2D eigenvalue weighted by atomic mass is 15.1. The van der Waals surface area contributed by atoms with E-state index in [1.54, 1.807) is 0 Å². The highest BCUT2D eigenvalue weighted by Gasteiger charge is 2.20. The first-order valence-corrected chi connectivity index (χ1v) is 8.17. The average Bonchev–Trinajstić information content (AvgIpc) is 2.65. The van der Waals surface area contributed by atoms with Gasteiger partial charge in [0.1, 0.15) is 0 Å². The third-order valence-corrected chi connectivity index (χ3v) is 4.64. The molecule has 0 aliphatic carbocycles. The second kappa shape index (κ2) is 7.80. The van der Waals surface area contributed by atoms with Crippen molar-refractivity contribution >= 4 is 0 Å². The number of nitrogens with two attached hydrogens (primary N) is 1. The van der Waals surface area contributed by atoms with Crippen LogP contribution in [0.3, 0.4) is 0 Å². The van der Waals surface area contributed by atoms with Crippen LogP contribution in [0.25, 0.3) is 0 Å². The van der Waals surface area contributed by atoms with E-state index in [9.17, 15) is 0 Å². The van der Waals surface area contributed by atoms with Crippen LogP contribution >= 0.6 is 0 Å². The second-order valence-corrected chi connectivity index (χ2v) is 6.69. The van der Waals surface area contributed by atoms with Crippen molar-refractivity contribution in [2.45, 2.75) is 45.6 Å². The molecule has 2 atom stereocenters. The van der Waals surface area contributed by atoms with Gasteiger partial charge in [0.2, 0.25) is 0 Å². The summed E-state index contributed by atoms with van der Waals surface area (Å²) >= 11 is 0. The lowest BCUT2D eigenvalue weighted by molar-refractivity contribution is 0.256. The van der Waals surface area contributed by atoms with Crippen molar-refractivity contribution in [3.8, 4) is 0 Å². The highest BCUT2D eigenvalue weighted by molar-refractivity contribution is 5.15. The van der Waals surface area contributed by atoms with Gasteiger partial charge < -0.3 is 10.6 Å². The summed E-state index contributed by atoms with van der Waals surface area (Å²) in [6.07, 6.45) is 5.06. The van der Waals surface area contributed by atoms with E-state index in [-0.39, 0.29) is 6.04 Å². The summed E-state index contributed by atoms with van der Waals surface area (Å²) in [4.78, 5) is 2.58. The highest BCUT2D eigenvalue weighted by Crippen LogP contribution is 2.24. The Hall–Kier alpha value is -0.860. The maximum atomic E-state index is 6.34. The summed E-state index contributed by atoms with van der Waals surface area (Å²) < 4.78 is 0. The second-order valence-electron chi connectivity index (χ2n) is 6.69. The average molecular weight is 274 g/mol. The molecular formula is C18H30N2. The molecule has 0 spiro atoms. The minimum atomic E-state index is 0.257. The smallest absolute Gasteiger partial charge is 0.0208 e. The van der Waals surface area contributed by atoms with Gasteiger partial charge in [0, 0.05) is 12.6 Å². The molecule has 1 fully saturated rings. The van der Waals surface area contributed by atoms with Crippen LogP contribution in [-0.4, -0.2) is 30.6 Å². The molecular weight excluding hydrogens is 244 g/mol. The largest absolute Gasteiger partial charge is 0.326 e. The maximum Gasteiger partial charge on any atom is 0.0208 e. The zero-order valence-electron chi connectivity index (χ0n) is 13.1. The van der Waals surface area contributed by atoms with Gasteiger partial charge in [0.05, 0.1) is 0 Å². The molecule has 1 heterocycles. The van der Waals surface area contributed by atoms with E-state index >= 15 is 0 Å². The zero-order valence-corrected chi connectivity index (χ0v) is 13.1. The van der Waals surface area contributed by atoms with Crippen molar-refractivity contribution in [1.82, 2.24) is 4.90 Å². The Bertz CT molecular complexity index is 374. The Balaban J connectivity index is 1.78. The first kappa shape index (κ1) is 15.5. The normalized spacial score (nSPS) is 22.7. The quantitative estimate of drug-likeness (QED) is 0.892. The molecule has 2 unspecified atom stereocenters. The number of likely N-dealkylation sites (tertiary alicyclic amines) is 1. The van der Waals surface area contributed by atoms with Crippen molar-refractivity contribution in [3.63, 3.8) is 0 Å². The van der Waals surface area contributed by atoms with E-state index in [0.29, 0.717) is 0 Å². The van der Waals surface area contributed by atoms with Crippen LogP contribution in [0.2, 0.25) is 0 Å². The van der Waals surface area contributed by atoms with E-state index in [2.05, 4.69) is 49.1 Å². The Morgan fingerprint density at radius 3 is 2.60 bits per heavy atom. The van der Waals surface area contributed by atoms with Gasteiger partial charge in [0.25, 0.3) is 0 Å². The monoisotopic (exact) mass is 274 g/mol. The fourth-order valence-corrected chi connectivity index (χ4v) is 3.34. The molecule has 112 valence electrons. The van der Waals surface area contributed by atoms with Gasteiger partial charge >= 0.3 is 0 Å². The molecule has 1 aromatic rings. The molecule has 1 aliphatic rings. The van der Waals surface area contributed by atoms with Gasteiger partial charge in [-0.05, 0) is 56.2 Å². The Labute approximate surface area is 124 Å². The Morgan fingerprint density at radius 1 is 1.15 bits per heavy atom. The van der Waals surface area contributed by atoms with Crippen molar-refractivity contribution in [2.75, 3.05) is 19.6 Å². The van der Waals surface area contributed by atoms with Crippen LogP contribution in [0, 0.1) is 11.8 Å². The van der Waals surface area contributed by atoms with Gasteiger partial charge in [-0.1, -0.05) is 44.2 Å². The summed E-state index contributed by atoms with van der Waals surface area (Å²) in [5.74, 6) is 1.73. The van der Waals surface area contributed by atoms with Gasteiger partial charge in [-0.2, -0.15) is 0 Å². The van der Waals surface area contributed by atoms with Crippen molar-refractivity contribution in [2.24, 2.45) is 17.6 Å². The van der Waals surface area contributed by atoms with Crippen molar-refractivity contribution in [3.05, 3.63) is 35.9 Å². The van der Waals surface area contributed by atoms with Crippen LogP contribution in [-0.2, 0) is 6.42 Å². The van der Waals surface area contributed by atoms with E-state index in [0.717, 1.165) is 24.8 Å². The lowest BCUT2D eigenvalue weighted by Crippen LogP contribution is -2.39. The van der Waals surface area contributed by atoms with Crippen molar-refractivity contribution in [1.29, 1.82) is 0 Å². The maximum absolute atomic E-state index is 6.34. The van der Waals surface area contributed by atoms with Crippen LogP contribution in [0.5, 0.6) is 0 Å². The third kappa shape index (κ3) is 4.92. The summed E-state index contributed by atoms with van der Waals surface area (Å²) in [6.45, 7) is 8.22. The molecule has 0 aromatic heterocycles. The van der Waals surface area contributed by atoms with E-state index in [1.165, 1.54) is 37.9 Å². The van der Waals surface area contributed by atoms with Gasteiger partial charge in [-0.25, -0.2) is 0 Å². The molecule has 2 rings (SSSR count). The van der Waals surface area contributed by atoms with Crippen LogP contribution in [0.1, 0.15) is 38.7 Å². The fraction of sp³-hybridized carbons (Fsp3) is 0.667. The Kier molecular flexibility index (Phi) is 6.06. The van der Waals surface area contributed by atoms with E-state index in [1.807, 2.05) is 0 Å². The zero-order chi connectivity index (χ0) is 14.4. The summed E-state index contributed by atoms with van der Waals surface area (Å²) in [5.41, 5.74) is 7.70. The SMILES string of the molecule is CC(C)C1CCCN(CC(N)Cc2ccccc2)CC1. The first-order valence-electron chi connectivity index (χ1n) is 8.17. The summed E-state index contributed by atoms with van der Waals surface area (Å²) in [5, 5.41) is 0. The standard InChI is InChI=1S/C18H30N2/c1-15(2)17-9-6-11-20(12-10-17)14-18(19)13-16-7-4-3-5-8-16/h3-5,7-8,15,17-18H,6,9-14,19H2,1-2H3. The van der Waals surface area contributed by atoms with Crippen LogP contribution in [0.15, 0.2) is 30.3 Å². The van der Waals surface area contributed by atoms with Crippen LogP contribution in [0.4, 0.5) is 0 Å². The number of nitrogens with zero attached hydrogens (tertiary/aromatic N) is 1. The summed E-state index contributed by atoms with van der Waals surface area (Å²) in [6, 6.07) is 10.9. The molecule has 0 amide bonds. The number of rotatable bonds is 5. The molecule has 2 N–H and O–H groups in total. The molecule has 0 bridgehead atoms. The van der Waals surface area contributed by atoms with Crippen molar-refractivity contribution < 1.29 is 0 Å². The molecule has 1 aromatic carbocycles. The topological polar surface area (TPSA) is 29.3 Å². The first-order chi connectivity index (χ1) is 9.65. The van der Waals surface area contributed by atoms with Gasteiger partial charge in [-0.15, -0.1) is 0 Å².